The minimum Gasteiger partial charge on any atom is -0.454 e. The zero-order chi connectivity index (χ0) is 19.5. The Morgan fingerprint density at radius 1 is 0.964 bits per heavy atom. The molecule has 1 amide bonds. The van der Waals surface area contributed by atoms with Crippen molar-refractivity contribution in [3.63, 3.8) is 0 Å². The first-order chi connectivity index (χ1) is 13.6. The van der Waals surface area contributed by atoms with E-state index in [2.05, 4.69) is 20.6 Å². The molecule has 0 atom stereocenters. The Kier molecular flexibility index (Phi) is 4.67. The number of anilines is 4. The minimum atomic E-state index is -0.305. The first-order valence-corrected chi connectivity index (χ1v) is 8.66. The molecule has 2 aromatic carbocycles. The van der Waals surface area contributed by atoms with Crippen molar-refractivity contribution < 1.29 is 14.3 Å². The molecule has 1 aliphatic rings. The number of nitrogens with one attached hydrogen (secondary N) is 2. The summed E-state index contributed by atoms with van der Waals surface area (Å²) in [7, 11) is 3.97. The molecule has 0 spiro atoms. The molecule has 3 aromatic rings. The van der Waals surface area contributed by atoms with Gasteiger partial charge in [-0.25, -0.2) is 9.97 Å². The van der Waals surface area contributed by atoms with Gasteiger partial charge in [0.25, 0.3) is 5.91 Å². The fraction of sp³-hybridized carbons (Fsp3) is 0.150. The number of aromatic nitrogens is 2. The summed E-state index contributed by atoms with van der Waals surface area (Å²) in [5.74, 6) is 1.38. The van der Waals surface area contributed by atoms with Gasteiger partial charge in [0.15, 0.2) is 11.5 Å². The van der Waals surface area contributed by atoms with Crippen LogP contribution < -0.4 is 25.0 Å². The summed E-state index contributed by atoms with van der Waals surface area (Å²) in [4.78, 5) is 22.8. The molecule has 0 aliphatic carbocycles. The summed E-state index contributed by atoms with van der Waals surface area (Å²) < 4.78 is 10.6. The van der Waals surface area contributed by atoms with Crippen LogP contribution in [0.15, 0.2) is 54.9 Å². The van der Waals surface area contributed by atoms with Gasteiger partial charge < -0.3 is 25.0 Å². The number of fused-ring (bicyclic) bond motifs is 1. The number of nitrogens with zero attached hydrogens (tertiary/aromatic N) is 3. The fourth-order valence-electron chi connectivity index (χ4n) is 2.66. The summed E-state index contributed by atoms with van der Waals surface area (Å²) in [5.41, 5.74) is 2.92. The van der Waals surface area contributed by atoms with Crippen molar-refractivity contribution in [3.05, 3.63) is 60.4 Å². The van der Waals surface area contributed by atoms with Crippen LogP contribution in [0.1, 0.15) is 10.4 Å². The predicted molar refractivity (Wildman–Crippen MR) is 107 cm³/mol. The Morgan fingerprint density at radius 3 is 2.36 bits per heavy atom. The Labute approximate surface area is 162 Å². The Balaban J connectivity index is 1.40. The molecule has 2 N–H and O–H groups in total. The van der Waals surface area contributed by atoms with E-state index >= 15 is 0 Å². The normalized spacial score (nSPS) is 11.8. The number of carbonyl (C=O) groups excluding carboxylic acids is 1. The van der Waals surface area contributed by atoms with Crippen LogP contribution in [0.2, 0.25) is 0 Å². The van der Waals surface area contributed by atoms with E-state index in [0.717, 1.165) is 11.4 Å². The second-order valence-corrected chi connectivity index (χ2v) is 6.38. The highest BCUT2D eigenvalue weighted by Gasteiger charge is 2.15. The van der Waals surface area contributed by atoms with Crippen LogP contribution in [0.5, 0.6) is 11.5 Å². The van der Waals surface area contributed by atoms with Crippen LogP contribution in [0, 0.1) is 0 Å². The van der Waals surface area contributed by atoms with Crippen molar-refractivity contribution in [1.82, 2.24) is 9.97 Å². The smallest absolute Gasteiger partial charge is 0.258 e. The van der Waals surface area contributed by atoms with Crippen molar-refractivity contribution in [2.75, 3.05) is 36.4 Å². The molecule has 1 aliphatic heterocycles. The molecule has 8 heteroatoms. The lowest BCUT2D eigenvalue weighted by Crippen LogP contribution is -2.13. The van der Waals surface area contributed by atoms with Crippen molar-refractivity contribution >= 4 is 28.9 Å². The summed E-state index contributed by atoms with van der Waals surface area (Å²) in [6.45, 7) is 0.187. The van der Waals surface area contributed by atoms with Crippen molar-refractivity contribution in [3.8, 4) is 11.5 Å². The summed E-state index contributed by atoms with van der Waals surface area (Å²) in [6.07, 6.45) is 2.96. The van der Waals surface area contributed by atoms with Crippen LogP contribution in [-0.4, -0.2) is 36.8 Å². The SMILES string of the molecule is CN(C)c1ccc(Nc2ncc(C(=O)Nc3ccc4c(c3)OCO4)cn2)cc1. The molecule has 0 unspecified atom stereocenters. The maximum absolute atomic E-state index is 12.4. The molecule has 0 saturated carbocycles. The van der Waals surface area contributed by atoms with Gasteiger partial charge in [0.05, 0.1) is 5.56 Å². The third-order valence-electron chi connectivity index (χ3n) is 4.18. The zero-order valence-corrected chi connectivity index (χ0v) is 15.5. The number of hydrogen-bond donors (Lipinski definition) is 2. The van der Waals surface area contributed by atoms with Gasteiger partial charge in [0, 0.05) is 49.6 Å². The Morgan fingerprint density at radius 2 is 1.64 bits per heavy atom. The van der Waals surface area contributed by atoms with E-state index in [0.29, 0.717) is 28.7 Å². The van der Waals surface area contributed by atoms with Crippen molar-refractivity contribution in [1.29, 1.82) is 0 Å². The van der Waals surface area contributed by atoms with Crippen LogP contribution >= 0.6 is 0 Å². The molecule has 0 radical (unpaired) electrons. The van der Waals surface area contributed by atoms with Gasteiger partial charge in [0.1, 0.15) is 0 Å². The molecule has 0 saturated heterocycles. The first kappa shape index (κ1) is 17.6. The molecule has 0 bridgehead atoms. The maximum atomic E-state index is 12.4. The monoisotopic (exact) mass is 377 g/mol. The molecular formula is C20H19N5O3. The van der Waals surface area contributed by atoms with Crippen molar-refractivity contribution in [2.45, 2.75) is 0 Å². The number of carbonyl (C=O) groups is 1. The summed E-state index contributed by atoms with van der Waals surface area (Å²) in [6, 6.07) is 13.1. The van der Waals surface area contributed by atoms with Gasteiger partial charge in [-0.15, -0.1) is 0 Å². The highest BCUT2D eigenvalue weighted by atomic mass is 16.7. The Hall–Kier alpha value is -3.81. The molecule has 4 rings (SSSR count). The van der Waals surface area contributed by atoms with Gasteiger partial charge in [0.2, 0.25) is 12.7 Å². The standard InChI is InChI=1S/C20H19N5O3/c1-25(2)16-6-3-14(4-7-16)24-20-21-10-13(11-22-20)19(26)23-15-5-8-17-18(9-15)28-12-27-17/h3-11H,12H2,1-2H3,(H,23,26)(H,21,22,24). The zero-order valence-electron chi connectivity index (χ0n) is 15.5. The average molecular weight is 377 g/mol. The van der Waals surface area contributed by atoms with E-state index in [1.54, 1.807) is 18.2 Å². The van der Waals surface area contributed by atoms with Crippen molar-refractivity contribution in [2.24, 2.45) is 0 Å². The van der Waals surface area contributed by atoms with Gasteiger partial charge >= 0.3 is 0 Å². The number of amides is 1. The number of rotatable bonds is 5. The minimum absolute atomic E-state index is 0.187. The lowest BCUT2D eigenvalue weighted by molar-refractivity contribution is 0.102. The number of hydrogen-bond acceptors (Lipinski definition) is 7. The summed E-state index contributed by atoms with van der Waals surface area (Å²) in [5, 5.41) is 5.91. The highest BCUT2D eigenvalue weighted by Crippen LogP contribution is 2.34. The Bertz CT molecular complexity index is 988. The molecule has 1 aromatic heterocycles. The second kappa shape index (κ2) is 7.43. The first-order valence-electron chi connectivity index (χ1n) is 8.66. The molecule has 142 valence electrons. The van der Waals surface area contributed by atoms with Gasteiger partial charge in [-0.2, -0.15) is 0 Å². The van der Waals surface area contributed by atoms with E-state index in [-0.39, 0.29) is 12.7 Å². The van der Waals surface area contributed by atoms with E-state index in [1.807, 2.05) is 43.3 Å². The molecule has 8 nitrogen and oxygen atoms in total. The largest absolute Gasteiger partial charge is 0.454 e. The van der Waals surface area contributed by atoms with Crippen LogP contribution in [0.4, 0.5) is 23.0 Å². The molecular weight excluding hydrogens is 358 g/mol. The van der Waals surface area contributed by atoms with Gasteiger partial charge in [-0.05, 0) is 36.4 Å². The quantitative estimate of drug-likeness (QED) is 0.705. The van der Waals surface area contributed by atoms with Crippen LogP contribution in [-0.2, 0) is 0 Å². The fourth-order valence-corrected chi connectivity index (χ4v) is 2.66. The lowest BCUT2D eigenvalue weighted by Gasteiger charge is -2.13. The van der Waals surface area contributed by atoms with Crippen LogP contribution in [0.3, 0.4) is 0 Å². The number of ether oxygens (including phenoxy) is 2. The molecule has 2 heterocycles. The van der Waals surface area contributed by atoms with E-state index in [4.69, 9.17) is 9.47 Å². The second-order valence-electron chi connectivity index (χ2n) is 6.38. The number of benzene rings is 2. The summed E-state index contributed by atoms with van der Waals surface area (Å²) >= 11 is 0. The molecule has 0 fully saturated rings. The maximum Gasteiger partial charge on any atom is 0.258 e. The van der Waals surface area contributed by atoms with E-state index in [1.165, 1.54) is 12.4 Å². The van der Waals surface area contributed by atoms with E-state index < -0.39 is 0 Å². The van der Waals surface area contributed by atoms with Gasteiger partial charge in [-0.3, -0.25) is 4.79 Å². The lowest BCUT2D eigenvalue weighted by atomic mass is 10.2. The van der Waals surface area contributed by atoms with E-state index in [9.17, 15) is 4.79 Å². The average Bonchev–Trinajstić information content (AvgIpc) is 3.17. The highest BCUT2D eigenvalue weighted by molar-refractivity contribution is 6.04. The third-order valence-corrected chi connectivity index (χ3v) is 4.18. The molecule has 28 heavy (non-hydrogen) atoms. The topological polar surface area (TPSA) is 88.6 Å². The van der Waals surface area contributed by atoms with Gasteiger partial charge in [-0.1, -0.05) is 0 Å². The third kappa shape index (κ3) is 3.80. The predicted octanol–water partition coefficient (Wildman–Crippen LogP) is 3.27. The van der Waals surface area contributed by atoms with Crippen LogP contribution in [0.25, 0.3) is 0 Å².